The number of alkyl halides is 1. The molecule has 1 saturated heterocycles. The lowest BCUT2D eigenvalue weighted by Gasteiger charge is -2.38. The van der Waals surface area contributed by atoms with Crippen LogP contribution < -0.4 is 4.90 Å². The van der Waals surface area contributed by atoms with Gasteiger partial charge >= 0.3 is 0 Å². The minimum Gasteiger partial charge on any atom is -0.352 e. The van der Waals surface area contributed by atoms with Gasteiger partial charge in [-0.15, -0.1) is 0 Å². The number of halogens is 1. The molecule has 4 nitrogen and oxygen atoms in total. The Morgan fingerprint density at radius 3 is 2.67 bits per heavy atom. The molecule has 3 rings (SSSR count). The van der Waals surface area contributed by atoms with E-state index in [4.69, 9.17) is 4.98 Å². The van der Waals surface area contributed by atoms with Crippen molar-refractivity contribution in [3.05, 3.63) is 30.1 Å². The predicted octanol–water partition coefficient (Wildman–Crippen LogP) is 3.15. The maximum atomic E-state index is 4.84. The second-order valence-corrected chi connectivity index (χ2v) is 6.29. The minimum absolute atomic E-state index is 0.684. The Bertz CT molecular complexity index is 601. The van der Waals surface area contributed by atoms with Crippen LogP contribution in [0.4, 0.5) is 5.82 Å². The maximum absolute atomic E-state index is 4.84. The lowest BCUT2D eigenvalue weighted by Crippen LogP contribution is -2.49. The molecule has 1 unspecified atom stereocenters. The molecular formula is C16H23BrN4. The Morgan fingerprint density at radius 1 is 1.24 bits per heavy atom. The molecule has 1 aliphatic heterocycles. The molecule has 114 valence electrons. The van der Waals surface area contributed by atoms with Gasteiger partial charge in [0.25, 0.3) is 0 Å². The number of hydrogen-bond donors (Lipinski definition) is 0. The molecule has 0 bridgehead atoms. The van der Waals surface area contributed by atoms with Crippen molar-refractivity contribution in [1.29, 1.82) is 0 Å². The van der Waals surface area contributed by atoms with Crippen LogP contribution in [-0.4, -0.2) is 46.5 Å². The van der Waals surface area contributed by atoms with E-state index in [0.717, 1.165) is 43.0 Å². The third-order valence-corrected chi connectivity index (χ3v) is 5.09. The summed E-state index contributed by atoms with van der Waals surface area (Å²) in [7, 11) is 0. The number of hydrogen-bond acceptors (Lipinski definition) is 3. The van der Waals surface area contributed by atoms with Crippen LogP contribution in [0.15, 0.2) is 24.4 Å². The summed E-state index contributed by atoms with van der Waals surface area (Å²) in [4.78, 5) is 9.85. The monoisotopic (exact) mass is 350 g/mol. The van der Waals surface area contributed by atoms with Crippen molar-refractivity contribution in [2.75, 3.05) is 31.1 Å². The van der Waals surface area contributed by atoms with Gasteiger partial charge in [-0.25, -0.2) is 4.98 Å². The Labute approximate surface area is 134 Å². The average Bonchev–Trinajstić information content (AvgIpc) is 2.92. The molecule has 0 N–H and O–H groups in total. The zero-order valence-corrected chi connectivity index (χ0v) is 14.4. The van der Waals surface area contributed by atoms with Gasteiger partial charge in [0.2, 0.25) is 0 Å². The number of fused-ring (bicyclic) bond motifs is 1. The second kappa shape index (κ2) is 6.36. The fourth-order valence-corrected chi connectivity index (χ4v) is 3.57. The summed E-state index contributed by atoms with van der Waals surface area (Å²) in [5.74, 6) is 1.14. The lowest BCUT2D eigenvalue weighted by atomic mass is 10.2. The molecule has 21 heavy (non-hydrogen) atoms. The summed E-state index contributed by atoms with van der Waals surface area (Å²) in [6, 6.07) is 6.87. The van der Waals surface area contributed by atoms with E-state index in [1.54, 1.807) is 0 Å². The highest BCUT2D eigenvalue weighted by atomic mass is 79.9. The van der Waals surface area contributed by atoms with Crippen molar-refractivity contribution < 1.29 is 0 Å². The first-order valence-electron chi connectivity index (χ1n) is 7.75. The van der Waals surface area contributed by atoms with Gasteiger partial charge in [-0.3, -0.25) is 4.90 Å². The van der Waals surface area contributed by atoms with E-state index >= 15 is 0 Å². The highest BCUT2D eigenvalue weighted by Gasteiger charge is 2.24. The van der Waals surface area contributed by atoms with E-state index in [1.165, 1.54) is 12.1 Å². The van der Waals surface area contributed by atoms with Crippen LogP contribution in [0.3, 0.4) is 0 Å². The van der Waals surface area contributed by atoms with E-state index < -0.39 is 0 Å². The van der Waals surface area contributed by atoms with Crippen LogP contribution in [0.5, 0.6) is 0 Å². The molecule has 0 aromatic carbocycles. The van der Waals surface area contributed by atoms with Crippen LogP contribution in [0, 0.1) is 0 Å². The smallest absolute Gasteiger partial charge is 0.152 e. The summed E-state index contributed by atoms with van der Waals surface area (Å²) in [6.07, 6.45) is 3.32. The number of anilines is 1. The number of imidazole rings is 1. The van der Waals surface area contributed by atoms with Gasteiger partial charge in [0, 0.05) is 43.7 Å². The van der Waals surface area contributed by atoms with Crippen molar-refractivity contribution in [2.24, 2.45) is 0 Å². The largest absolute Gasteiger partial charge is 0.352 e. The molecule has 1 atom stereocenters. The number of aromatic nitrogens is 2. The summed E-state index contributed by atoms with van der Waals surface area (Å²) in [5, 5.41) is 0.832. The summed E-state index contributed by atoms with van der Waals surface area (Å²) in [6.45, 7) is 8.98. The zero-order valence-electron chi connectivity index (χ0n) is 12.8. The molecule has 5 heteroatoms. The highest BCUT2D eigenvalue weighted by molar-refractivity contribution is 9.08. The third-order valence-electron chi connectivity index (χ3n) is 4.56. The maximum Gasteiger partial charge on any atom is 0.152 e. The number of pyridine rings is 1. The van der Waals surface area contributed by atoms with Crippen molar-refractivity contribution in [3.8, 4) is 0 Å². The first-order valence-corrected chi connectivity index (χ1v) is 8.87. The number of nitrogens with zero attached hydrogens (tertiary/aromatic N) is 4. The second-order valence-electron chi connectivity index (χ2n) is 5.72. The Morgan fingerprint density at radius 2 is 2.00 bits per heavy atom. The van der Waals surface area contributed by atoms with Gasteiger partial charge in [-0.2, -0.15) is 0 Å². The van der Waals surface area contributed by atoms with E-state index in [2.05, 4.69) is 62.3 Å². The summed E-state index contributed by atoms with van der Waals surface area (Å²) < 4.78 is 2.19. The van der Waals surface area contributed by atoms with E-state index in [0.29, 0.717) is 6.04 Å². The molecule has 2 aromatic heterocycles. The van der Waals surface area contributed by atoms with Crippen LogP contribution in [-0.2, 0) is 5.33 Å². The summed E-state index contributed by atoms with van der Waals surface area (Å²) >= 11 is 3.62. The first kappa shape index (κ1) is 14.9. The molecule has 0 aliphatic carbocycles. The number of piperazine rings is 1. The molecule has 2 aromatic rings. The van der Waals surface area contributed by atoms with E-state index in [-0.39, 0.29) is 0 Å². The predicted molar refractivity (Wildman–Crippen MR) is 91.4 cm³/mol. The molecule has 0 radical (unpaired) electrons. The molecule has 0 amide bonds. The number of rotatable bonds is 4. The van der Waals surface area contributed by atoms with Crippen LogP contribution in [0.1, 0.15) is 26.0 Å². The van der Waals surface area contributed by atoms with Gasteiger partial charge < -0.3 is 9.30 Å². The highest BCUT2D eigenvalue weighted by Crippen LogP contribution is 2.25. The topological polar surface area (TPSA) is 23.8 Å². The Hall–Kier alpha value is -1.07. The van der Waals surface area contributed by atoms with E-state index in [1.807, 2.05) is 6.07 Å². The van der Waals surface area contributed by atoms with Crippen LogP contribution in [0.2, 0.25) is 0 Å². The van der Waals surface area contributed by atoms with Crippen molar-refractivity contribution in [3.63, 3.8) is 0 Å². The molecule has 1 aliphatic rings. The Balaban J connectivity index is 1.82. The third kappa shape index (κ3) is 2.81. The van der Waals surface area contributed by atoms with Crippen LogP contribution in [0.25, 0.3) is 5.65 Å². The van der Waals surface area contributed by atoms with Gasteiger partial charge in [0.1, 0.15) is 5.65 Å². The van der Waals surface area contributed by atoms with Crippen molar-refractivity contribution >= 4 is 27.4 Å². The normalized spacial score (nSPS) is 18.3. The van der Waals surface area contributed by atoms with Gasteiger partial charge in [-0.1, -0.05) is 28.9 Å². The zero-order chi connectivity index (χ0) is 14.8. The molecule has 0 spiro atoms. The molecule has 1 fully saturated rings. The molecule has 0 saturated carbocycles. The average molecular weight is 351 g/mol. The minimum atomic E-state index is 0.684. The molecule has 3 heterocycles. The fraction of sp³-hybridized carbons (Fsp3) is 0.562. The SMILES string of the molecule is CCC(C)N1CCN(c2nc3ccccn3c2CBr)CC1. The lowest BCUT2D eigenvalue weighted by molar-refractivity contribution is 0.192. The fourth-order valence-electron chi connectivity index (χ4n) is 3.04. The van der Waals surface area contributed by atoms with Crippen molar-refractivity contribution in [1.82, 2.24) is 14.3 Å². The summed E-state index contributed by atoms with van der Waals surface area (Å²) in [5.41, 5.74) is 2.29. The van der Waals surface area contributed by atoms with E-state index in [9.17, 15) is 0 Å². The van der Waals surface area contributed by atoms with Gasteiger partial charge in [0.15, 0.2) is 5.82 Å². The van der Waals surface area contributed by atoms with Crippen LogP contribution >= 0.6 is 15.9 Å². The Kier molecular flexibility index (Phi) is 4.50. The molecular weight excluding hydrogens is 328 g/mol. The van der Waals surface area contributed by atoms with Gasteiger partial charge in [-0.05, 0) is 25.5 Å². The first-order chi connectivity index (χ1) is 10.2. The standard InChI is InChI=1S/C16H23BrN4/c1-3-13(2)19-8-10-20(11-9-19)16-14(12-17)21-7-5-4-6-15(21)18-16/h4-7,13H,3,8-12H2,1-2H3. The van der Waals surface area contributed by atoms with Crippen molar-refractivity contribution in [2.45, 2.75) is 31.6 Å². The van der Waals surface area contributed by atoms with Gasteiger partial charge in [0.05, 0.1) is 5.69 Å². The quantitative estimate of drug-likeness (QED) is 0.791.